The standard InChI is InChI=1S/C11H21NO4/c1-4-16-11(13)12-9(7-14-2)5-6-10(12)8-15-3/h9-10H,4-8H2,1-3H3/t9-,10-/m1/s1. The molecule has 0 bridgehead atoms. The van der Waals surface area contributed by atoms with E-state index in [1.54, 1.807) is 19.1 Å². The number of amides is 1. The van der Waals surface area contributed by atoms with E-state index in [0.717, 1.165) is 12.8 Å². The van der Waals surface area contributed by atoms with Crippen molar-refractivity contribution in [3.63, 3.8) is 0 Å². The van der Waals surface area contributed by atoms with E-state index in [0.29, 0.717) is 19.8 Å². The summed E-state index contributed by atoms with van der Waals surface area (Å²) in [4.78, 5) is 13.6. The van der Waals surface area contributed by atoms with Crippen LogP contribution in [-0.2, 0) is 14.2 Å². The molecule has 94 valence electrons. The Bertz CT molecular complexity index is 208. The Kier molecular flexibility index (Phi) is 5.55. The molecule has 5 heteroatoms. The van der Waals surface area contributed by atoms with Gasteiger partial charge in [-0.05, 0) is 19.8 Å². The second-order valence-electron chi connectivity index (χ2n) is 3.90. The van der Waals surface area contributed by atoms with Crippen molar-refractivity contribution in [1.29, 1.82) is 0 Å². The lowest BCUT2D eigenvalue weighted by Gasteiger charge is -2.28. The number of carbonyl (C=O) groups excluding carboxylic acids is 1. The minimum atomic E-state index is -0.260. The molecule has 0 spiro atoms. The molecule has 0 saturated carbocycles. The summed E-state index contributed by atoms with van der Waals surface area (Å²) in [6.07, 6.45) is 1.63. The first-order valence-corrected chi connectivity index (χ1v) is 5.67. The van der Waals surface area contributed by atoms with E-state index < -0.39 is 0 Å². The van der Waals surface area contributed by atoms with Gasteiger partial charge in [-0.25, -0.2) is 4.79 Å². The summed E-state index contributed by atoms with van der Waals surface area (Å²) in [6, 6.07) is 0.230. The fourth-order valence-electron chi connectivity index (χ4n) is 2.17. The Morgan fingerprint density at radius 3 is 2.06 bits per heavy atom. The number of hydrogen-bond donors (Lipinski definition) is 0. The third kappa shape index (κ3) is 3.09. The summed E-state index contributed by atoms with van der Waals surface area (Å²) in [5.74, 6) is 0. The molecule has 1 aliphatic rings. The molecule has 1 rings (SSSR count). The lowest BCUT2D eigenvalue weighted by atomic mass is 10.2. The zero-order valence-corrected chi connectivity index (χ0v) is 10.3. The molecule has 1 saturated heterocycles. The van der Waals surface area contributed by atoms with Crippen molar-refractivity contribution in [2.24, 2.45) is 0 Å². The van der Waals surface area contributed by atoms with Crippen LogP contribution < -0.4 is 0 Å². The van der Waals surface area contributed by atoms with E-state index in [2.05, 4.69) is 0 Å². The summed E-state index contributed by atoms with van der Waals surface area (Å²) >= 11 is 0. The zero-order chi connectivity index (χ0) is 12.0. The van der Waals surface area contributed by atoms with Gasteiger partial charge >= 0.3 is 6.09 Å². The van der Waals surface area contributed by atoms with Crippen LogP contribution in [0.4, 0.5) is 4.79 Å². The molecule has 0 aromatic rings. The van der Waals surface area contributed by atoms with Crippen LogP contribution in [0.15, 0.2) is 0 Å². The van der Waals surface area contributed by atoms with Crippen molar-refractivity contribution in [1.82, 2.24) is 4.90 Å². The lowest BCUT2D eigenvalue weighted by Crippen LogP contribution is -2.45. The van der Waals surface area contributed by atoms with Gasteiger partial charge in [-0.1, -0.05) is 0 Å². The third-order valence-electron chi connectivity index (χ3n) is 2.82. The van der Waals surface area contributed by atoms with Crippen molar-refractivity contribution < 1.29 is 19.0 Å². The van der Waals surface area contributed by atoms with Gasteiger partial charge in [-0.15, -0.1) is 0 Å². The molecule has 1 fully saturated rings. The average molecular weight is 231 g/mol. The van der Waals surface area contributed by atoms with E-state index in [4.69, 9.17) is 14.2 Å². The van der Waals surface area contributed by atoms with Crippen molar-refractivity contribution in [3.05, 3.63) is 0 Å². The highest BCUT2D eigenvalue weighted by Crippen LogP contribution is 2.25. The van der Waals surface area contributed by atoms with Gasteiger partial charge in [0.1, 0.15) is 0 Å². The van der Waals surface area contributed by atoms with E-state index in [-0.39, 0.29) is 18.2 Å². The van der Waals surface area contributed by atoms with Gasteiger partial charge in [0.25, 0.3) is 0 Å². The van der Waals surface area contributed by atoms with Gasteiger partial charge in [0.05, 0.1) is 31.9 Å². The minimum Gasteiger partial charge on any atom is -0.450 e. The SMILES string of the molecule is CCOC(=O)N1[C@@H](COC)CC[C@@H]1COC. The Morgan fingerprint density at radius 1 is 1.19 bits per heavy atom. The number of hydrogen-bond acceptors (Lipinski definition) is 4. The Hall–Kier alpha value is -0.810. The summed E-state index contributed by atoms with van der Waals surface area (Å²) in [6.45, 7) is 3.32. The molecule has 0 unspecified atom stereocenters. The van der Waals surface area contributed by atoms with Crippen molar-refractivity contribution in [3.8, 4) is 0 Å². The summed E-state index contributed by atoms with van der Waals surface area (Å²) < 4.78 is 15.3. The first-order valence-electron chi connectivity index (χ1n) is 5.67. The minimum absolute atomic E-state index is 0.115. The Labute approximate surface area is 96.6 Å². The molecular weight excluding hydrogens is 210 g/mol. The summed E-state index contributed by atoms with van der Waals surface area (Å²) in [5.41, 5.74) is 0. The molecule has 1 aliphatic heterocycles. The molecule has 1 amide bonds. The highest BCUT2D eigenvalue weighted by molar-refractivity contribution is 5.69. The number of rotatable bonds is 5. The van der Waals surface area contributed by atoms with Crippen LogP contribution in [-0.4, -0.2) is 57.1 Å². The monoisotopic (exact) mass is 231 g/mol. The molecule has 5 nitrogen and oxygen atoms in total. The van der Waals surface area contributed by atoms with E-state index in [1.807, 2.05) is 6.92 Å². The quantitative estimate of drug-likeness (QED) is 0.715. The molecule has 0 N–H and O–H groups in total. The van der Waals surface area contributed by atoms with Gasteiger partial charge in [0, 0.05) is 14.2 Å². The van der Waals surface area contributed by atoms with Gasteiger partial charge in [0.15, 0.2) is 0 Å². The van der Waals surface area contributed by atoms with Gasteiger partial charge < -0.3 is 14.2 Å². The van der Waals surface area contributed by atoms with Crippen LogP contribution in [0.5, 0.6) is 0 Å². The molecule has 16 heavy (non-hydrogen) atoms. The van der Waals surface area contributed by atoms with Crippen LogP contribution in [0.25, 0.3) is 0 Å². The number of methoxy groups -OCH3 is 2. The van der Waals surface area contributed by atoms with Crippen LogP contribution in [0.3, 0.4) is 0 Å². The van der Waals surface area contributed by atoms with E-state index >= 15 is 0 Å². The molecule has 1 heterocycles. The maximum atomic E-state index is 11.8. The smallest absolute Gasteiger partial charge is 0.410 e. The largest absolute Gasteiger partial charge is 0.450 e. The summed E-state index contributed by atoms with van der Waals surface area (Å²) in [5, 5.41) is 0. The van der Waals surface area contributed by atoms with Gasteiger partial charge in [-0.2, -0.15) is 0 Å². The molecule has 0 aliphatic carbocycles. The Balaban J connectivity index is 2.63. The predicted molar refractivity (Wildman–Crippen MR) is 59.4 cm³/mol. The molecule has 0 aromatic heterocycles. The molecular formula is C11H21NO4. The average Bonchev–Trinajstić information content (AvgIpc) is 2.63. The topological polar surface area (TPSA) is 48.0 Å². The molecule has 0 radical (unpaired) electrons. The van der Waals surface area contributed by atoms with Crippen LogP contribution in [0, 0.1) is 0 Å². The van der Waals surface area contributed by atoms with Gasteiger partial charge in [-0.3, -0.25) is 4.90 Å². The highest BCUT2D eigenvalue weighted by Gasteiger charge is 2.37. The predicted octanol–water partition coefficient (Wildman–Crippen LogP) is 1.27. The van der Waals surface area contributed by atoms with E-state index in [9.17, 15) is 4.79 Å². The maximum Gasteiger partial charge on any atom is 0.410 e. The second kappa shape index (κ2) is 6.70. The lowest BCUT2D eigenvalue weighted by molar-refractivity contribution is 0.0437. The molecule has 2 atom stereocenters. The van der Waals surface area contributed by atoms with Crippen molar-refractivity contribution in [2.75, 3.05) is 34.0 Å². The zero-order valence-electron chi connectivity index (χ0n) is 10.3. The van der Waals surface area contributed by atoms with Crippen LogP contribution >= 0.6 is 0 Å². The van der Waals surface area contributed by atoms with Gasteiger partial charge in [0.2, 0.25) is 0 Å². The number of likely N-dealkylation sites (tertiary alicyclic amines) is 1. The third-order valence-corrected chi connectivity index (χ3v) is 2.82. The van der Waals surface area contributed by atoms with Crippen molar-refractivity contribution in [2.45, 2.75) is 31.8 Å². The van der Waals surface area contributed by atoms with Crippen LogP contribution in [0.2, 0.25) is 0 Å². The second-order valence-corrected chi connectivity index (χ2v) is 3.90. The summed E-state index contributed by atoms with van der Waals surface area (Å²) in [7, 11) is 3.29. The fraction of sp³-hybridized carbons (Fsp3) is 0.909. The highest BCUT2D eigenvalue weighted by atomic mass is 16.6. The first kappa shape index (κ1) is 13.3. The number of carbonyl (C=O) groups is 1. The Morgan fingerprint density at radius 2 is 1.69 bits per heavy atom. The normalized spacial score (nSPS) is 24.8. The van der Waals surface area contributed by atoms with Crippen molar-refractivity contribution >= 4 is 6.09 Å². The fourth-order valence-corrected chi connectivity index (χ4v) is 2.17. The number of ether oxygens (including phenoxy) is 3. The van der Waals surface area contributed by atoms with E-state index in [1.165, 1.54) is 0 Å². The molecule has 0 aromatic carbocycles. The number of nitrogens with zero attached hydrogens (tertiary/aromatic N) is 1. The first-order chi connectivity index (χ1) is 7.74. The maximum absolute atomic E-state index is 11.8. The van der Waals surface area contributed by atoms with Crippen LogP contribution in [0.1, 0.15) is 19.8 Å².